The number of ketones is 1. The molecule has 138 valence electrons. The molecule has 0 unspecified atom stereocenters. The summed E-state index contributed by atoms with van der Waals surface area (Å²) in [4.78, 5) is 12.3. The van der Waals surface area contributed by atoms with Crippen LogP contribution >= 0.6 is 11.8 Å². The van der Waals surface area contributed by atoms with Crippen molar-refractivity contribution in [1.82, 2.24) is 10.2 Å². The topological polar surface area (TPSA) is 61.3 Å². The third-order valence-corrected chi connectivity index (χ3v) is 4.97. The second kappa shape index (κ2) is 8.68. The number of rotatable bonds is 7. The van der Waals surface area contributed by atoms with Crippen LogP contribution in [0, 0.1) is 6.92 Å². The second-order valence-corrected chi connectivity index (χ2v) is 6.90. The van der Waals surface area contributed by atoms with E-state index >= 15 is 0 Å². The number of methoxy groups -OCH3 is 2. The molecule has 0 saturated heterocycles. The first kappa shape index (κ1) is 18.9. The molecular weight excluding hydrogens is 360 g/mol. The van der Waals surface area contributed by atoms with E-state index in [2.05, 4.69) is 10.2 Å². The van der Waals surface area contributed by atoms with Gasteiger partial charge in [0.05, 0.1) is 25.7 Å². The lowest BCUT2D eigenvalue weighted by molar-refractivity contribution is 0.102. The number of nitrogens with zero attached hydrogens (tertiary/aromatic N) is 2. The molecule has 0 saturated carbocycles. The average Bonchev–Trinajstić information content (AvgIpc) is 2.72. The highest BCUT2D eigenvalue weighted by Crippen LogP contribution is 2.32. The summed E-state index contributed by atoms with van der Waals surface area (Å²) in [5, 5.41) is 9.20. The number of thioether (sulfide) groups is 1. The van der Waals surface area contributed by atoms with Crippen LogP contribution in [0.25, 0.3) is 11.3 Å². The van der Waals surface area contributed by atoms with Crippen LogP contribution in [0.15, 0.2) is 59.6 Å². The fourth-order valence-corrected chi connectivity index (χ4v) is 3.22. The molecule has 0 aliphatic heterocycles. The zero-order valence-electron chi connectivity index (χ0n) is 15.4. The van der Waals surface area contributed by atoms with Crippen LogP contribution in [0.5, 0.6) is 11.5 Å². The molecule has 0 atom stereocenters. The first-order chi connectivity index (χ1) is 13.1. The molecule has 3 rings (SSSR count). The molecule has 0 radical (unpaired) electrons. The van der Waals surface area contributed by atoms with Gasteiger partial charge in [-0.1, -0.05) is 41.6 Å². The molecule has 0 aliphatic carbocycles. The van der Waals surface area contributed by atoms with Crippen molar-refractivity contribution in [3.8, 4) is 22.8 Å². The maximum Gasteiger partial charge on any atom is 0.173 e. The normalized spacial score (nSPS) is 10.5. The zero-order valence-corrected chi connectivity index (χ0v) is 16.2. The maximum atomic E-state index is 12.3. The minimum atomic E-state index is 0.0719. The Kier molecular flexibility index (Phi) is 6.08. The summed E-state index contributed by atoms with van der Waals surface area (Å²) in [6.45, 7) is 2.00. The molecule has 1 heterocycles. The van der Waals surface area contributed by atoms with Crippen molar-refractivity contribution >= 4 is 17.5 Å². The van der Waals surface area contributed by atoms with E-state index in [1.54, 1.807) is 20.3 Å². The first-order valence-corrected chi connectivity index (χ1v) is 9.38. The van der Waals surface area contributed by atoms with Crippen molar-refractivity contribution in [2.45, 2.75) is 11.9 Å². The van der Waals surface area contributed by atoms with Crippen molar-refractivity contribution in [3.63, 3.8) is 0 Å². The van der Waals surface area contributed by atoms with E-state index in [1.807, 2.05) is 55.5 Å². The molecule has 3 aromatic rings. The Morgan fingerprint density at radius 1 is 0.963 bits per heavy atom. The molecule has 0 N–H and O–H groups in total. The van der Waals surface area contributed by atoms with Crippen LogP contribution in [0.3, 0.4) is 0 Å². The molecule has 0 bridgehead atoms. The predicted octanol–water partition coefficient (Wildman–Crippen LogP) is 4.44. The molecule has 0 aliphatic rings. The molecule has 27 heavy (non-hydrogen) atoms. The van der Waals surface area contributed by atoms with E-state index in [1.165, 1.54) is 11.8 Å². The van der Waals surface area contributed by atoms with Crippen LogP contribution in [-0.2, 0) is 0 Å². The Labute approximate surface area is 162 Å². The van der Waals surface area contributed by atoms with Crippen LogP contribution in [0.2, 0.25) is 0 Å². The number of Topliss-reactive ketones (excluding diaryl/α,β-unsaturated/α-hetero) is 1. The minimum Gasteiger partial charge on any atom is -0.497 e. The maximum absolute atomic E-state index is 12.3. The van der Waals surface area contributed by atoms with Gasteiger partial charge >= 0.3 is 0 Å². The Morgan fingerprint density at radius 2 is 1.74 bits per heavy atom. The molecule has 0 fully saturated rings. The highest BCUT2D eigenvalue weighted by atomic mass is 32.2. The van der Waals surface area contributed by atoms with E-state index in [-0.39, 0.29) is 5.78 Å². The van der Waals surface area contributed by atoms with Gasteiger partial charge in [0.2, 0.25) is 0 Å². The minimum absolute atomic E-state index is 0.0719. The largest absolute Gasteiger partial charge is 0.497 e. The van der Waals surface area contributed by atoms with Crippen molar-refractivity contribution in [1.29, 1.82) is 0 Å². The highest BCUT2D eigenvalue weighted by molar-refractivity contribution is 7.99. The lowest BCUT2D eigenvalue weighted by Crippen LogP contribution is -2.02. The van der Waals surface area contributed by atoms with Crippen molar-refractivity contribution in [2.75, 3.05) is 20.0 Å². The quantitative estimate of drug-likeness (QED) is 0.446. The number of aromatic nitrogens is 2. The summed E-state index contributed by atoms with van der Waals surface area (Å²) in [5.74, 6) is 1.77. The predicted molar refractivity (Wildman–Crippen MR) is 107 cm³/mol. The van der Waals surface area contributed by atoms with Gasteiger partial charge in [-0.25, -0.2) is 0 Å². The Bertz CT molecular complexity index is 925. The van der Waals surface area contributed by atoms with E-state index in [9.17, 15) is 4.79 Å². The Hall–Kier alpha value is -2.86. The molecule has 0 amide bonds. The molecule has 5 nitrogen and oxygen atoms in total. The molecule has 2 aromatic carbocycles. The SMILES string of the molecule is COc1ccc(-c2ccc(SCC(=O)c3ccc(C)cc3)nn2)c(OC)c1. The van der Waals surface area contributed by atoms with E-state index in [0.29, 0.717) is 33.5 Å². The van der Waals surface area contributed by atoms with Gasteiger partial charge in [-0.05, 0) is 31.2 Å². The standard InChI is InChI=1S/C21H20N2O3S/c1-14-4-6-15(7-5-14)19(24)13-27-21-11-10-18(22-23-21)17-9-8-16(25-2)12-20(17)26-3/h4-12H,13H2,1-3H3. The lowest BCUT2D eigenvalue weighted by atomic mass is 10.1. The fraction of sp³-hybridized carbons (Fsp3) is 0.190. The van der Waals surface area contributed by atoms with Gasteiger partial charge in [-0.15, -0.1) is 10.2 Å². The van der Waals surface area contributed by atoms with Gasteiger partial charge in [0.15, 0.2) is 5.78 Å². The van der Waals surface area contributed by atoms with Crippen LogP contribution in [0.4, 0.5) is 0 Å². The zero-order chi connectivity index (χ0) is 19.2. The van der Waals surface area contributed by atoms with Gasteiger partial charge in [0, 0.05) is 17.2 Å². The fourth-order valence-electron chi connectivity index (χ4n) is 2.51. The summed E-state index contributed by atoms with van der Waals surface area (Å²) in [6.07, 6.45) is 0. The third-order valence-electron chi connectivity index (χ3n) is 4.05. The summed E-state index contributed by atoms with van der Waals surface area (Å²) >= 11 is 1.37. The number of benzene rings is 2. The lowest BCUT2D eigenvalue weighted by Gasteiger charge is -2.09. The van der Waals surface area contributed by atoms with Crippen molar-refractivity contribution in [3.05, 3.63) is 65.7 Å². The molecule has 1 aromatic heterocycles. The van der Waals surface area contributed by atoms with Gasteiger partial charge in [0.1, 0.15) is 16.5 Å². The smallest absolute Gasteiger partial charge is 0.173 e. The van der Waals surface area contributed by atoms with Gasteiger partial charge < -0.3 is 9.47 Å². The number of aryl methyl sites for hydroxylation is 1. The van der Waals surface area contributed by atoms with Crippen molar-refractivity contribution in [2.24, 2.45) is 0 Å². The monoisotopic (exact) mass is 380 g/mol. The summed E-state index contributed by atoms with van der Waals surface area (Å²) in [6, 6.07) is 16.8. The van der Waals surface area contributed by atoms with E-state index < -0.39 is 0 Å². The van der Waals surface area contributed by atoms with Gasteiger partial charge in [-0.3, -0.25) is 4.79 Å². The average molecular weight is 380 g/mol. The Balaban J connectivity index is 1.68. The van der Waals surface area contributed by atoms with Crippen LogP contribution in [-0.4, -0.2) is 36.0 Å². The van der Waals surface area contributed by atoms with Crippen LogP contribution < -0.4 is 9.47 Å². The molecular formula is C21H20N2O3S. The number of hydrogen-bond acceptors (Lipinski definition) is 6. The number of carbonyl (C=O) groups is 1. The molecule has 0 spiro atoms. The Morgan fingerprint density at radius 3 is 2.37 bits per heavy atom. The number of carbonyl (C=O) groups excluding carboxylic acids is 1. The van der Waals surface area contributed by atoms with Gasteiger partial charge in [0.25, 0.3) is 0 Å². The van der Waals surface area contributed by atoms with E-state index in [4.69, 9.17) is 9.47 Å². The van der Waals surface area contributed by atoms with Gasteiger partial charge in [-0.2, -0.15) is 0 Å². The van der Waals surface area contributed by atoms with Crippen LogP contribution in [0.1, 0.15) is 15.9 Å². The summed E-state index contributed by atoms with van der Waals surface area (Å²) in [5.41, 5.74) is 3.37. The first-order valence-electron chi connectivity index (χ1n) is 8.39. The van der Waals surface area contributed by atoms with Crippen molar-refractivity contribution < 1.29 is 14.3 Å². The molecule has 6 heteroatoms. The highest BCUT2D eigenvalue weighted by Gasteiger charge is 2.11. The number of hydrogen-bond donors (Lipinski definition) is 0. The second-order valence-electron chi connectivity index (χ2n) is 5.90. The summed E-state index contributed by atoms with van der Waals surface area (Å²) < 4.78 is 10.6. The number of ether oxygens (including phenoxy) is 2. The third kappa shape index (κ3) is 4.65. The summed E-state index contributed by atoms with van der Waals surface area (Å²) in [7, 11) is 3.21. The van der Waals surface area contributed by atoms with E-state index in [0.717, 1.165) is 11.1 Å².